The van der Waals surface area contributed by atoms with Gasteiger partial charge in [0.1, 0.15) is 9.84 Å². The van der Waals surface area contributed by atoms with Crippen molar-refractivity contribution in [2.75, 3.05) is 36.7 Å². The summed E-state index contributed by atoms with van der Waals surface area (Å²) in [7, 11) is -6.23. The topological polar surface area (TPSA) is 97.8 Å². The maximum Gasteiger partial charge on any atom is 0.246 e. The summed E-state index contributed by atoms with van der Waals surface area (Å²) >= 11 is 0. The molecule has 0 aliphatic carbocycles. The number of nitrogens with zero attached hydrogens (tertiary/aromatic N) is 1. The van der Waals surface area contributed by atoms with Crippen LogP contribution in [0.25, 0.3) is 0 Å². The monoisotopic (exact) mass is 299 g/mol. The molecule has 0 aromatic heterocycles. The van der Waals surface area contributed by atoms with Gasteiger partial charge in [-0.1, -0.05) is 0 Å². The number of rotatable bonds is 4. The van der Waals surface area contributed by atoms with Crippen molar-refractivity contribution < 1.29 is 26.5 Å². The highest BCUT2D eigenvalue weighted by Crippen LogP contribution is 2.06. The van der Waals surface area contributed by atoms with E-state index in [0.717, 1.165) is 11.3 Å². The van der Waals surface area contributed by atoms with Crippen molar-refractivity contribution in [1.29, 1.82) is 0 Å². The molecule has 18 heavy (non-hydrogen) atoms. The van der Waals surface area contributed by atoms with Crippen molar-refractivity contribution >= 4 is 25.6 Å². The number of sulfone groups is 2. The first-order valence-corrected chi connectivity index (χ1v) is 9.39. The Kier molecular flexibility index (Phi) is 5.11. The molecule has 0 unspecified atom stereocenters. The Balaban J connectivity index is 2.43. The van der Waals surface area contributed by atoms with E-state index in [-0.39, 0.29) is 49.2 Å². The molecule has 1 aliphatic rings. The molecule has 106 valence electrons. The molecule has 0 saturated carbocycles. The maximum atomic E-state index is 11.7. The molecule has 1 amide bonds. The van der Waals surface area contributed by atoms with Crippen molar-refractivity contribution in [2.24, 2.45) is 0 Å². The second-order valence-corrected chi connectivity index (χ2v) is 8.78. The average Bonchev–Trinajstić information content (AvgIpc) is 2.37. The highest BCUT2D eigenvalue weighted by Gasteiger charge is 2.23. The minimum Gasteiger partial charge on any atom is -0.273 e. The van der Waals surface area contributed by atoms with Gasteiger partial charge in [-0.15, -0.1) is 0 Å². The number of hydrogen-bond donors (Lipinski definition) is 0. The summed E-state index contributed by atoms with van der Waals surface area (Å²) in [5, 5.41) is 1.02. The van der Waals surface area contributed by atoms with Crippen molar-refractivity contribution in [3.05, 3.63) is 0 Å². The summed E-state index contributed by atoms with van der Waals surface area (Å²) < 4.78 is 44.4. The van der Waals surface area contributed by atoms with E-state index in [1.807, 2.05) is 0 Å². The van der Waals surface area contributed by atoms with Gasteiger partial charge >= 0.3 is 0 Å². The number of hydrogen-bond acceptors (Lipinski definition) is 6. The number of carbonyl (C=O) groups is 1. The first kappa shape index (κ1) is 15.4. The standard InChI is InChI=1S/C9H17NO6S2/c1-17(12,13)6-2-3-9(11)10-4-7-18(14,15)8-5-16-10/h2-8H2,1H3. The summed E-state index contributed by atoms with van der Waals surface area (Å²) in [6.45, 7) is -0.0415. The Labute approximate surface area is 107 Å². The third-order valence-corrected chi connectivity index (χ3v) is 5.05. The first-order valence-electron chi connectivity index (χ1n) is 5.51. The van der Waals surface area contributed by atoms with Crippen LogP contribution in [-0.2, 0) is 29.3 Å². The molecule has 0 aromatic carbocycles. The van der Waals surface area contributed by atoms with E-state index in [4.69, 9.17) is 4.84 Å². The van der Waals surface area contributed by atoms with Crippen molar-refractivity contribution in [3.8, 4) is 0 Å². The molecule has 7 nitrogen and oxygen atoms in total. The van der Waals surface area contributed by atoms with Crippen LogP contribution in [0.5, 0.6) is 0 Å². The Morgan fingerprint density at radius 3 is 2.61 bits per heavy atom. The largest absolute Gasteiger partial charge is 0.273 e. The van der Waals surface area contributed by atoms with E-state index in [1.165, 1.54) is 0 Å². The van der Waals surface area contributed by atoms with E-state index >= 15 is 0 Å². The first-order chi connectivity index (χ1) is 8.20. The van der Waals surface area contributed by atoms with E-state index in [9.17, 15) is 21.6 Å². The molecule has 1 rings (SSSR count). The quantitative estimate of drug-likeness (QED) is 0.660. The second-order valence-electron chi connectivity index (χ2n) is 4.21. The highest BCUT2D eigenvalue weighted by atomic mass is 32.2. The molecule has 1 saturated heterocycles. The van der Waals surface area contributed by atoms with Crippen molar-refractivity contribution in [2.45, 2.75) is 12.8 Å². The van der Waals surface area contributed by atoms with E-state index < -0.39 is 19.7 Å². The number of carbonyl (C=O) groups excluding carboxylic acids is 1. The third-order valence-electron chi connectivity index (χ3n) is 2.43. The van der Waals surface area contributed by atoms with Gasteiger partial charge in [0.15, 0.2) is 9.84 Å². The predicted octanol–water partition coefficient (Wildman–Crippen LogP) is -1.00. The van der Waals surface area contributed by atoms with Crippen LogP contribution in [0.1, 0.15) is 12.8 Å². The summed E-state index contributed by atoms with van der Waals surface area (Å²) in [6, 6.07) is 0. The van der Waals surface area contributed by atoms with Crippen LogP contribution in [0.3, 0.4) is 0 Å². The highest BCUT2D eigenvalue weighted by molar-refractivity contribution is 7.91. The molecule has 0 spiro atoms. The lowest BCUT2D eigenvalue weighted by atomic mass is 10.3. The molecule has 0 bridgehead atoms. The SMILES string of the molecule is CS(=O)(=O)CCCC(=O)N1CCS(=O)(=O)CCO1. The summed E-state index contributed by atoms with van der Waals surface area (Å²) in [5.41, 5.74) is 0. The Morgan fingerprint density at radius 1 is 1.33 bits per heavy atom. The number of amides is 1. The van der Waals surface area contributed by atoms with Gasteiger partial charge in [0.05, 0.1) is 30.4 Å². The number of hydroxylamine groups is 2. The third kappa shape index (κ3) is 5.78. The van der Waals surface area contributed by atoms with Crippen LogP contribution in [-0.4, -0.2) is 64.5 Å². The summed E-state index contributed by atoms with van der Waals surface area (Å²) in [5.74, 6) is -0.661. The molecule has 9 heteroatoms. The lowest BCUT2D eigenvalue weighted by molar-refractivity contribution is -0.181. The maximum absolute atomic E-state index is 11.7. The normalized spacial score (nSPS) is 20.4. The zero-order valence-corrected chi connectivity index (χ0v) is 11.8. The van der Waals surface area contributed by atoms with Crippen molar-refractivity contribution in [3.63, 3.8) is 0 Å². The van der Waals surface area contributed by atoms with Gasteiger partial charge in [-0.2, -0.15) is 0 Å². The van der Waals surface area contributed by atoms with Gasteiger partial charge in [-0.3, -0.25) is 9.63 Å². The molecular formula is C9H17NO6S2. The van der Waals surface area contributed by atoms with Crippen LogP contribution in [0.4, 0.5) is 0 Å². The Morgan fingerprint density at radius 2 is 2.00 bits per heavy atom. The summed E-state index contributed by atoms with van der Waals surface area (Å²) in [4.78, 5) is 16.7. The van der Waals surface area contributed by atoms with Crippen molar-refractivity contribution in [1.82, 2.24) is 5.06 Å². The molecule has 1 heterocycles. The second kappa shape index (κ2) is 5.98. The lowest BCUT2D eigenvalue weighted by Gasteiger charge is -2.18. The fourth-order valence-electron chi connectivity index (χ4n) is 1.47. The molecule has 0 N–H and O–H groups in total. The van der Waals surface area contributed by atoms with E-state index in [0.29, 0.717) is 0 Å². The summed E-state index contributed by atoms with van der Waals surface area (Å²) in [6.07, 6.45) is 1.35. The van der Waals surface area contributed by atoms with Crippen LogP contribution >= 0.6 is 0 Å². The molecule has 0 radical (unpaired) electrons. The Hall–Kier alpha value is -0.670. The molecule has 1 aliphatic heterocycles. The van der Waals surface area contributed by atoms with Gasteiger partial charge in [-0.25, -0.2) is 21.9 Å². The van der Waals surface area contributed by atoms with Crippen LogP contribution in [0.15, 0.2) is 0 Å². The van der Waals surface area contributed by atoms with Crippen LogP contribution in [0, 0.1) is 0 Å². The van der Waals surface area contributed by atoms with E-state index in [2.05, 4.69) is 0 Å². The van der Waals surface area contributed by atoms with Gasteiger partial charge in [0.2, 0.25) is 5.91 Å². The molecule has 0 aromatic rings. The molecular weight excluding hydrogens is 282 g/mol. The van der Waals surface area contributed by atoms with Crippen LogP contribution < -0.4 is 0 Å². The van der Waals surface area contributed by atoms with E-state index in [1.54, 1.807) is 0 Å². The van der Waals surface area contributed by atoms with Gasteiger partial charge in [0, 0.05) is 12.7 Å². The zero-order valence-electron chi connectivity index (χ0n) is 10.2. The average molecular weight is 299 g/mol. The Bertz CT molecular complexity index is 495. The minimum atomic E-state index is -3.14. The fraction of sp³-hybridized carbons (Fsp3) is 0.889. The van der Waals surface area contributed by atoms with Gasteiger partial charge in [-0.05, 0) is 6.42 Å². The van der Waals surface area contributed by atoms with Gasteiger partial charge in [0.25, 0.3) is 0 Å². The smallest absolute Gasteiger partial charge is 0.246 e. The van der Waals surface area contributed by atoms with Crippen LogP contribution in [0.2, 0.25) is 0 Å². The fourth-order valence-corrected chi connectivity index (χ4v) is 3.12. The minimum absolute atomic E-state index is 0.0000413. The van der Waals surface area contributed by atoms with Gasteiger partial charge < -0.3 is 0 Å². The lowest BCUT2D eigenvalue weighted by Crippen LogP contribution is -2.33. The molecule has 1 fully saturated rings. The zero-order chi connectivity index (χ0) is 13.8. The predicted molar refractivity (Wildman–Crippen MR) is 65.3 cm³/mol. The molecule has 0 atom stereocenters.